The van der Waals surface area contributed by atoms with Crippen molar-refractivity contribution in [3.8, 4) is 5.75 Å². The molecule has 2 aromatic carbocycles. The van der Waals surface area contributed by atoms with Crippen LogP contribution in [0.5, 0.6) is 5.75 Å². The van der Waals surface area contributed by atoms with E-state index in [0.717, 1.165) is 16.7 Å². The van der Waals surface area contributed by atoms with Crippen LogP contribution in [0.4, 0.5) is 4.79 Å². The average Bonchev–Trinajstić information content (AvgIpc) is 2.53. The van der Waals surface area contributed by atoms with Crippen molar-refractivity contribution in [3.63, 3.8) is 0 Å². The molecule has 0 aromatic heterocycles. The number of ether oxygens (including phenoxy) is 1. The number of amides is 2. The summed E-state index contributed by atoms with van der Waals surface area (Å²) in [7, 11) is -2.36. The van der Waals surface area contributed by atoms with Crippen molar-refractivity contribution in [2.45, 2.75) is 25.3 Å². The number of carbonyl (C=O) groups excluding carboxylic acids is 1. The monoisotopic (exact) mass is 348 g/mol. The van der Waals surface area contributed by atoms with E-state index in [9.17, 15) is 13.2 Å². The van der Waals surface area contributed by atoms with Gasteiger partial charge < -0.3 is 10.1 Å². The highest BCUT2D eigenvalue weighted by molar-refractivity contribution is 7.90. The Kier molecular flexibility index (Phi) is 5.46. The predicted molar refractivity (Wildman–Crippen MR) is 91.5 cm³/mol. The zero-order valence-corrected chi connectivity index (χ0v) is 14.6. The van der Waals surface area contributed by atoms with Crippen LogP contribution in [0.25, 0.3) is 0 Å². The predicted octanol–water partition coefficient (Wildman–Crippen LogP) is 2.50. The number of nitrogens with one attached hydrogen (secondary N) is 2. The van der Waals surface area contributed by atoms with Crippen LogP contribution in [0.1, 0.15) is 16.7 Å². The molecule has 128 valence electrons. The second kappa shape index (κ2) is 7.35. The number of methoxy groups -OCH3 is 1. The highest BCUT2D eigenvalue weighted by Crippen LogP contribution is 2.19. The maximum Gasteiger partial charge on any atom is 0.328 e. The van der Waals surface area contributed by atoms with Crippen LogP contribution in [0, 0.1) is 13.8 Å². The number of urea groups is 1. The third kappa shape index (κ3) is 4.48. The third-order valence-corrected chi connectivity index (χ3v) is 4.78. The fourth-order valence-electron chi connectivity index (χ4n) is 2.16. The lowest BCUT2D eigenvalue weighted by molar-refractivity contribution is 0.245. The summed E-state index contributed by atoms with van der Waals surface area (Å²) in [4.78, 5) is 12.0. The number of hydrogen-bond donors (Lipinski definition) is 2. The molecule has 2 amide bonds. The van der Waals surface area contributed by atoms with Gasteiger partial charge in [-0.3, -0.25) is 0 Å². The summed E-state index contributed by atoms with van der Waals surface area (Å²) < 4.78 is 31.5. The van der Waals surface area contributed by atoms with Gasteiger partial charge in [0.15, 0.2) is 0 Å². The summed E-state index contributed by atoms with van der Waals surface area (Å²) in [5.74, 6) is 0.627. The van der Waals surface area contributed by atoms with E-state index in [1.807, 2.05) is 30.7 Å². The molecule has 0 spiro atoms. The molecule has 0 aliphatic rings. The standard InChI is InChI=1S/C17H20N2O4S/c1-12-4-7-15(8-5-12)24(21,22)19-17(20)18-11-14-10-13(2)6-9-16(14)23-3/h4-10H,11H2,1-3H3,(H2,18,19,20). The first-order chi connectivity index (χ1) is 11.3. The van der Waals surface area contributed by atoms with Gasteiger partial charge in [0, 0.05) is 12.1 Å². The summed E-state index contributed by atoms with van der Waals surface area (Å²) >= 11 is 0. The minimum atomic E-state index is -3.90. The van der Waals surface area contributed by atoms with E-state index in [2.05, 4.69) is 5.32 Å². The van der Waals surface area contributed by atoms with Crippen LogP contribution in [-0.2, 0) is 16.6 Å². The summed E-state index contributed by atoms with van der Waals surface area (Å²) in [6, 6.07) is 11.0. The molecule has 0 atom stereocenters. The van der Waals surface area contributed by atoms with Gasteiger partial charge in [0.2, 0.25) is 0 Å². The van der Waals surface area contributed by atoms with Gasteiger partial charge in [-0.25, -0.2) is 17.9 Å². The van der Waals surface area contributed by atoms with Gasteiger partial charge in [-0.15, -0.1) is 0 Å². The number of carbonyl (C=O) groups is 1. The number of sulfonamides is 1. The molecule has 0 radical (unpaired) electrons. The molecule has 2 N–H and O–H groups in total. The molecule has 0 aliphatic carbocycles. The first-order valence-electron chi connectivity index (χ1n) is 7.32. The maximum atomic E-state index is 12.1. The van der Waals surface area contributed by atoms with Gasteiger partial charge in [0.05, 0.1) is 12.0 Å². The van der Waals surface area contributed by atoms with Crippen LogP contribution < -0.4 is 14.8 Å². The fourth-order valence-corrected chi connectivity index (χ4v) is 3.08. The Balaban J connectivity index is 2.03. The second-order valence-corrected chi connectivity index (χ2v) is 7.10. The minimum Gasteiger partial charge on any atom is -0.496 e. The van der Waals surface area contributed by atoms with Crippen LogP contribution in [0.15, 0.2) is 47.4 Å². The normalized spacial score (nSPS) is 11.0. The largest absolute Gasteiger partial charge is 0.496 e. The quantitative estimate of drug-likeness (QED) is 0.869. The molecule has 6 nitrogen and oxygen atoms in total. The van der Waals surface area contributed by atoms with Gasteiger partial charge in [-0.05, 0) is 32.0 Å². The maximum absolute atomic E-state index is 12.1. The van der Waals surface area contributed by atoms with Gasteiger partial charge in [0.1, 0.15) is 5.75 Å². The lowest BCUT2D eigenvalue weighted by Gasteiger charge is -2.12. The molecule has 2 rings (SSSR count). The van der Waals surface area contributed by atoms with E-state index in [1.165, 1.54) is 19.2 Å². The van der Waals surface area contributed by atoms with Crippen molar-refractivity contribution in [2.24, 2.45) is 0 Å². The van der Waals surface area contributed by atoms with E-state index in [1.54, 1.807) is 18.2 Å². The molecule has 0 heterocycles. The first-order valence-corrected chi connectivity index (χ1v) is 8.81. The average molecular weight is 348 g/mol. The van der Waals surface area contributed by atoms with Crippen molar-refractivity contribution in [3.05, 3.63) is 59.2 Å². The summed E-state index contributed by atoms with van der Waals surface area (Å²) in [6.45, 7) is 3.93. The van der Waals surface area contributed by atoms with Crippen molar-refractivity contribution in [1.29, 1.82) is 0 Å². The van der Waals surface area contributed by atoms with Crippen molar-refractivity contribution in [2.75, 3.05) is 7.11 Å². The Hall–Kier alpha value is -2.54. The highest BCUT2D eigenvalue weighted by Gasteiger charge is 2.17. The van der Waals surface area contributed by atoms with Gasteiger partial charge >= 0.3 is 6.03 Å². The smallest absolute Gasteiger partial charge is 0.328 e. The number of hydrogen-bond acceptors (Lipinski definition) is 4. The van der Waals surface area contributed by atoms with Gasteiger partial charge in [-0.2, -0.15) is 0 Å². The number of rotatable bonds is 5. The topological polar surface area (TPSA) is 84.5 Å². The van der Waals surface area contributed by atoms with Crippen molar-refractivity contribution >= 4 is 16.1 Å². The molecule has 0 fully saturated rings. The molecule has 7 heteroatoms. The SMILES string of the molecule is COc1ccc(C)cc1CNC(=O)NS(=O)(=O)c1ccc(C)cc1. The highest BCUT2D eigenvalue weighted by atomic mass is 32.2. The third-order valence-electron chi connectivity index (χ3n) is 3.43. The Morgan fingerprint density at radius 3 is 2.29 bits per heavy atom. The molecule has 0 saturated carbocycles. The van der Waals surface area contributed by atoms with E-state index in [-0.39, 0.29) is 11.4 Å². The summed E-state index contributed by atoms with van der Waals surface area (Å²) in [5, 5.41) is 2.53. The summed E-state index contributed by atoms with van der Waals surface area (Å²) in [6.07, 6.45) is 0. The molecule has 0 bridgehead atoms. The van der Waals surface area contributed by atoms with Crippen LogP contribution in [0.3, 0.4) is 0 Å². The number of benzene rings is 2. The number of aryl methyl sites for hydroxylation is 2. The molecule has 2 aromatic rings. The van der Waals surface area contributed by atoms with E-state index in [0.29, 0.717) is 5.75 Å². The Morgan fingerprint density at radius 2 is 1.67 bits per heavy atom. The van der Waals surface area contributed by atoms with Gasteiger partial charge in [-0.1, -0.05) is 35.4 Å². The molecular formula is C17H20N2O4S. The van der Waals surface area contributed by atoms with Crippen molar-refractivity contribution in [1.82, 2.24) is 10.0 Å². The van der Waals surface area contributed by atoms with Crippen LogP contribution >= 0.6 is 0 Å². The van der Waals surface area contributed by atoms with Crippen LogP contribution in [0.2, 0.25) is 0 Å². The van der Waals surface area contributed by atoms with Gasteiger partial charge in [0.25, 0.3) is 10.0 Å². The fraction of sp³-hybridized carbons (Fsp3) is 0.235. The van der Waals surface area contributed by atoms with E-state index in [4.69, 9.17) is 4.74 Å². The Labute approximate surface area is 141 Å². The molecule has 0 unspecified atom stereocenters. The summed E-state index contributed by atoms with van der Waals surface area (Å²) in [5.41, 5.74) is 2.71. The molecule has 24 heavy (non-hydrogen) atoms. The Bertz CT molecular complexity index is 830. The molecular weight excluding hydrogens is 328 g/mol. The zero-order valence-electron chi connectivity index (χ0n) is 13.8. The zero-order chi connectivity index (χ0) is 17.7. The lowest BCUT2D eigenvalue weighted by atomic mass is 10.1. The van der Waals surface area contributed by atoms with Crippen molar-refractivity contribution < 1.29 is 17.9 Å². The second-order valence-electron chi connectivity index (χ2n) is 5.42. The Morgan fingerprint density at radius 1 is 1.04 bits per heavy atom. The molecule has 0 aliphatic heterocycles. The first kappa shape index (κ1) is 17.8. The molecule has 0 saturated heterocycles. The van der Waals surface area contributed by atoms with E-state index >= 15 is 0 Å². The lowest BCUT2D eigenvalue weighted by Crippen LogP contribution is -2.39. The van der Waals surface area contributed by atoms with E-state index < -0.39 is 16.1 Å². The van der Waals surface area contributed by atoms with Crippen LogP contribution in [-0.4, -0.2) is 21.6 Å². The minimum absolute atomic E-state index is 0.0383.